The first-order chi connectivity index (χ1) is 14.2. The predicted molar refractivity (Wildman–Crippen MR) is 111 cm³/mol. The molecule has 1 heterocycles. The van der Waals surface area contributed by atoms with Crippen LogP contribution in [0.2, 0.25) is 5.02 Å². The van der Waals surface area contributed by atoms with Crippen LogP contribution in [0.3, 0.4) is 0 Å². The van der Waals surface area contributed by atoms with E-state index >= 15 is 0 Å². The number of carbonyl (C=O) groups is 2. The Bertz CT molecular complexity index is 987. The molecule has 0 saturated carbocycles. The van der Waals surface area contributed by atoms with Crippen molar-refractivity contribution in [3.8, 4) is 0 Å². The van der Waals surface area contributed by atoms with E-state index in [0.717, 1.165) is 0 Å². The summed E-state index contributed by atoms with van der Waals surface area (Å²) in [6, 6.07) is 9.06. The van der Waals surface area contributed by atoms with Gasteiger partial charge in [0.1, 0.15) is 5.82 Å². The van der Waals surface area contributed by atoms with E-state index in [1.807, 2.05) is 0 Å². The highest BCUT2D eigenvalue weighted by atomic mass is 35.5. The van der Waals surface area contributed by atoms with Gasteiger partial charge in [0.2, 0.25) is 11.8 Å². The van der Waals surface area contributed by atoms with Crippen LogP contribution in [0.15, 0.2) is 42.5 Å². The highest BCUT2D eigenvalue weighted by molar-refractivity contribution is 6.30. The molecule has 158 valence electrons. The normalized spacial score (nSPS) is 17.1. The average Bonchev–Trinajstić information content (AvgIpc) is 3.04. The molecule has 0 aromatic heterocycles. The van der Waals surface area contributed by atoms with Crippen LogP contribution in [-0.2, 0) is 9.59 Å². The Balaban J connectivity index is 1.54. The molecule has 1 aliphatic heterocycles. The number of anilines is 2. The van der Waals surface area contributed by atoms with Crippen molar-refractivity contribution < 1.29 is 18.9 Å². The second-order valence-corrected chi connectivity index (χ2v) is 7.46. The minimum absolute atomic E-state index is 0.0107. The molecular formula is C20H20ClFN4O4. The summed E-state index contributed by atoms with van der Waals surface area (Å²) in [4.78, 5) is 36.7. The van der Waals surface area contributed by atoms with Gasteiger partial charge in [0.05, 0.1) is 16.0 Å². The molecular weight excluding hydrogens is 415 g/mol. The van der Waals surface area contributed by atoms with Gasteiger partial charge in [-0.2, -0.15) is 0 Å². The van der Waals surface area contributed by atoms with Gasteiger partial charge in [-0.3, -0.25) is 19.7 Å². The van der Waals surface area contributed by atoms with Crippen molar-refractivity contribution in [3.63, 3.8) is 0 Å². The molecule has 8 nitrogen and oxygen atoms in total. The van der Waals surface area contributed by atoms with Gasteiger partial charge in [-0.1, -0.05) is 17.7 Å². The Morgan fingerprint density at radius 1 is 1.37 bits per heavy atom. The number of rotatable bonds is 7. The number of nitrogens with zero attached hydrogens (tertiary/aromatic N) is 2. The lowest BCUT2D eigenvalue weighted by atomic mass is 10.1. The second-order valence-electron chi connectivity index (χ2n) is 7.06. The Labute approximate surface area is 177 Å². The molecule has 1 aliphatic rings. The van der Waals surface area contributed by atoms with Gasteiger partial charge in [0.25, 0.3) is 5.69 Å². The Morgan fingerprint density at radius 3 is 2.83 bits per heavy atom. The quantitative estimate of drug-likeness (QED) is 0.512. The molecule has 0 unspecified atom stereocenters. The van der Waals surface area contributed by atoms with Crippen LogP contribution in [0.5, 0.6) is 0 Å². The summed E-state index contributed by atoms with van der Waals surface area (Å²) in [5, 5.41) is 16.6. The lowest BCUT2D eigenvalue weighted by molar-refractivity contribution is -0.384. The van der Waals surface area contributed by atoms with Crippen LogP contribution in [0.1, 0.15) is 19.8 Å². The van der Waals surface area contributed by atoms with Crippen LogP contribution in [0.4, 0.5) is 21.5 Å². The van der Waals surface area contributed by atoms with E-state index in [1.54, 1.807) is 19.1 Å². The van der Waals surface area contributed by atoms with Crippen molar-refractivity contribution in [2.75, 3.05) is 16.8 Å². The van der Waals surface area contributed by atoms with Crippen LogP contribution in [0, 0.1) is 15.9 Å². The lowest BCUT2D eigenvalue weighted by Crippen LogP contribution is -2.43. The highest BCUT2D eigenvalue weighted by Crippen LogP contribution is 2.26. The minimum Gasteiger partial charge on any atom is -0.326 e. The van der Waals surface area contributed by atoms with Crippen molar-refractivity contribution in [1.82, 2.24) is 5.32 Å². The maximum atomic E-state index is 13.7. The highest BCUT2D eigenvalue weighted by Gasteiger charge is 2.33. The Kier molecular flexibility index (Phi) is 6.63. The molecule has 0 spiro atoms. The number of hydrogen-bond acceptors (Lipinski definition) is 5. The second kappa shape index (κ2) is 9.19. The van der Waals surface area contributed by atoms with Gasteiger partial charge in [0.15, 0.2) is 0 Å². The molecule has 30 heavy (non-hydrogen) atoms. The summed E-state index contributed by atoms with van der Waals surface area (Å²) >= 11 is 5.69. The van der Waals surface area contributed by atoms with Gasteiger partial charge in [0, 0.05) is 42.5 Å². The number of carbonyl (C=O) groups excluding carboxylic acids is 2. The smallest absolute Gasteiger partial charge is 0.271 e. The minimum atomic E-state index is -0.593. The summed E-state index contributed by atoms with van der Waals surface area (Å²) in [5.41, 5.74) is 0.644. The molecule has 1 saturated heterocycles. The fourth-order valence-electron chi connectivity index (χ4n) is 3.33. The summed E-state index contributed by atoms with van der Waals surface area (Å²) in [6.07, 6.45) is 0.585. The number of non-ortho nitro benzene ring substituents is 1. The molecule has 0 radical (unpaired) electrons. The maximum absolute atomic E-state index is 13.7. The monoisotopic (exact) mass is 434 g/mol. The van der Waals surface area contributed by atoms with Crippen LogP contribution >= 0.6 is 11.6 Å². The number of benzene rings is 2. The van der Waals surface area contributed by atoms with Gasteiger partial charge in [-0.15, -0.1) is 0 Å². The number of nitrogens with one attached hydrogen (secondary N) is 2. The van der Waals surface area contributed by atoms with E-state index in [9.17, 15) is 24.1 Å². The molecule has 2 atom stereocenters. The van der Waals surface area contributed by atoms with Gasteiger partial charge in [-0.25, -0.2) is 4.39 Å². The Hall–Kier alpha value is -3.04. The van der Waals surface area contributed by atoms with Crippen molar-refractivity contribution in [2.45, 2.75) is 31.8 Å². The molecule has 2 amide bonds. The zero-order valence-electron chi connectivity index (χ0n) is 16.1. The molecule has 3 rings (SSSR count). The maximum Gasteiger partial charge on any atom is 0.271 e. The summed E-state index contributed by atoms with van der Waals surface area (Å²) < 4.78 is 13.7. The summed E-state index contributed by atoms with van der Waals surface area (Å²) in [5.74, 6) is -1.13. The zero-order valence-corrected chi connectivity index (χ0v) is 16.9. The number of nitro benzene ring substituents is 1. The van der Waals surface area contributed by atoms with Crippen molar-refractivity contribution in [1.29, 1.82) is 0 Å². The third-order valence-electron chi connectivity index (χ3n) is 4.74. The van der Waals surface area contributed by atoms with Gasteiger partial charge >= 0.3 is 0 Å². The van der Waals surface area contributed by atoms with E-state index < -0.39 is 16.8 Å². The first kappa shape index (κ1) is 21.7. The van der Waals surface area contributed by atoms with Crippen LogP contribution in [-0.4, -0.2) is 35.4 Å². The molecule has 0 aliphatic carbocycles. The third kappa shape index (κ3) is 5.11. The molecule has 1 fully saturated rings. The zero-order chi connectivity index (χ0) is 21.8. The van der Waals surface area contributed by atoms with E-state index in [1.165, 1.54) is 35.2 Å². The van der Waals surface area contributed by atoms with E-state index in [4.69, 9.17) is 11.6 Å². The molecule has 2 N–H and O–H groups in total. The predicted octanol–water partition coefficient (Wildman–Crippen LogP) is 3.50. The summed E-state index contributed by atoms with van der Waals surface area (Å²) in [6.45, 7) is 2.19. The summed E-state index contributed by atoms with van der Waals surface area (Å²) in [7, 11) is 0. The third-order valence-corrected chi connectivity index (χ3v) is 5.04. The SMILES string of the molecule is C[C@@H](CC(=O)Nc1cccc([N+](=O)[O-])c1)N[C@@H]1CCN(c2ccc(Cl)c(F)c2)C1=O. The molecule has 0 bridgehead atoms. The first-order valence-electron chi connectivity index (χ1n) is 9.31. The molecule has 10 heteroatoms. The number of amides is 2. The van der Waals surface area contributed by atoms with Gasteiger partial charge in [-0.05, 0) is 37.6 Å². The standard InChI is InChI=1S/C20H20ClFN4O4/c1-12(9-19(27)24-13-3-2-4-15(10-13)26(29)30)23-18-7-8-25(20(18)28)14-5-6-16(21)17(22)11-14/h2-6,10-12,18,23H,7-9H2,1H3,(H,24,27)/t12-,18+/m0/s1. The lowest BCUT2D eigenvalue weighted by Gasteiger charge is -2.20. The number of halogens is 2. The van der Waals surface area contributed by atoms with Crippen molar-refractivity contribution in [2.24, 2.45) is 0 Å². The van der Waals surface area contributed by atoms with Crippen molar-refractivity contribution in [3.05, 3.63) is 63.4 Å². The van der Waals surface area contributed by atoms with E-state index in [0.29, 0.717) is 24.3 Å². The fraction of sp³-hybridized carbons (Fsp3) is 0.300. The van der Waals surface area contributed by atoms with E-state index in [2.05, 4.69) is 10.6 Å². The fourth-order valence-corrected chi connectivity index (χ4v) is 3.45. The first-order valence-corrected chi connectivity index (χ1v) is 9.69. The topological polar surface area (TPSA) is 105 Å². The van der Waals surface area contributed by atoms with Crippen molar-refractivity contribution >= 4 is 40.5 Å². The molecule has 2 aromatic carbocycles. The molecule has 2 aromatic rings. The average molecular weight is 435 g/mol. The number of nitro groups is 1. The van der Waals surface area contributed by atoms with Crippen LogP contribution < -0.4 is 15.5 Å². The largest absolute Gasteiger partial charge is 0.326 e. The van der Waals surface area contributed by atoms with Gasteiger partial charge < -0.3 is 15.5 Å². The van der Waals surface area contributed by atoms with E-state index in [-0.39, 0.29) is 35.0 Å². The Morgan fingerprint density at radius 2 is 2.13 bits per heavy atom. The van der Waals surface area contributed by atoms with Crippen LogP contribution in [0.25, 0.3) is 0 Å². The number of hydrogen-bond donors (Lipinski definition) is 2.